The molecule has 1 nitrogen and oxygen atoms in total. The molecule has 0 atom stereocenters. The van der Waals surface area contributed by atoms with E-state index in [9.17, 15) is 0 Å². The minimum atomic E-state index is 0.941. The van der Waals surface area contributed by atoms with Gasteiger partial charge in [-0.05, 0) is 50.2 Å². The van der Waals surface area contributed by atoms with Crippen LogP contribution in [-0.2, 0) is 0 Å². The summed E-state index contributed by atoms with van der Waals surface area (Å²) in [6.45, 7) is 4.44. The fourth-order valence-electron chi connectivity index (χ4n) is 2.39. The summed E-state index contributed by atoms with van der Waals surface area (Å²) in [4.78, 5) is 4.80. The Labute approximate surface area is 98.6 Å². The van der Waals surface area contributed by atoms with Crippen LogP contribution in [0.25, 0.3) is 0 Å². The van der Waals surface area contributed by atoms with Crippen molar-refractivity contribution in [1.29, 1.82) is 0 Å². The number of para-hydroxylation sites is 1. The Morgan fingerprint density at radius 3 is 2.50 bits per heavy atom. The van der Waals surface area contributed by atoms with Crippen LogP contribution >= 0.6 is 0 Å². The number of rotatable bonds is 2. The molecule has 0 radical (unpaired) electrons. The third kappa shape index (κ3) is 2.72. The number of benzene rings is 1. The highest BCUT2D eigenvalue weighted by atomic mass is 14.8. The van der Waals surface area contributed by atoms with Crippen molar-refractivity contribution in [2.24, 2.45) is 10.9 Å². The Hall–Kier alpha value is -1.11. The van der Waals surface area contributed by atoms with Crippen molar-refractivity contribution in [3.8, 4) is 0 Å². The van der Waals surface area contributed by atoms with E-state index in [2.05, 4.69) is 38.1 Å². The largest absolute Gasteiger partial charge is 0.258 e. The van der Waals surface area contributed by atoms with Crippen LogP contribution in [0.2, 0.25) is 0 Å². The quantitative estimate of drug-likeness (QED) is 0.680. The molecule has 0 bridgehead atoms. The molecule has 1 aromatic rings. The third-order valence-corrected chi connectivity index (χ3v) is 3.65. The molecule has 1 heteroatoms. The highest BCUT2D eigenvalue weighted by molar-refractivity contribution is 5.87. The lowest BCUT2D eigenvalue weighted by Crippen LogP contribution is -2.13. The van der Waals surface area contributed by atoms with Crippen LogP contribution in [0, 0.1) is 12.8 Å². The smallest absolute Gasteiger partial charge is 0.0658 e. The van der Waals surface area contributed by atoms with E-state index in [-0.39, 0.29) is 0 Å². The molecule has 1 aliphatic rings. The van der Waals surface area contributed by atoms with Crippen molar-refractivity contribution in [1.82, 2.24) is 0 Å². The van der Waals surface area contributed by atoms with E-state index in [0.717, 1.165) is 11.6 Å². The fraction of sp³-hybridized carbons (Fsp3) is 0.533. The van der Waals surface area contributed by atoms with Crippen LogP contribution in [0.4, 0.5) is 5.69 Å². The Morgan fingerprint density at radius 1 is 1.19 bits per heavy atom. The van der Waals surface area contributed by atoms with Crippen molar-refractivity contribution in [3.05, 3.63) is 29.8 Å². The third-order valence-electron chi connectivity index (χ3n) is 3.65. The number of hydrogen-bond acceptors (Lipinski definition) is 1. The predicted molar refractivity (Wildman–Crippen MR) is 70.5 cm³/mol. The maximum atomic E-state index is 4.80. The summed E-state index contributed by atoms with van der Waals surface area (Å²) in [6, 6.07) is 8.41. The number of nitrogens with zero attached hydrogens (tertiary/aromatic N) is 1. The minimum absolute atomic E-state index is 0.941. The summed E-state index contributed by atoms with van der Waals surface area (Å²) in [7, 11) is 0. The van der Waals surface area contributed by atoms with Gasteiger partial charge in [0, 0.05) is 5.71 Å². The van der Waals surface area contributed by atoms with Gasteiger partial charge in [0.25, 0.3) is 0 Å². The molecule has 0 amide bonds. The van der Waals surface area contributed by atoms with Gasteiger partial charge in [-0.2, -0.15) is 0 Å². The molecular formula is C15H21N. The molecule has 0 aromatic heterocycles. The van der Waals surface area contributed by atoms with Crippen LogP contribution in [0.15, 0.2) is 29.3 Å². The van der Waals surface area contributed by atoms with E-state index in [1.807, 2.05) is 0 Å². The number of aliphatic imine (C=N–C) groups is 1. The van der Waals surface area contributed by atoms with Gasteiger partial charge in [-0.1, -0.05) is 31.5 Å². The summed E-state index contributed by atoms with van der Waals surface area (Å²) >= 11 is 0. The number of aryl methyl sites for hydroxylation is 1. The molecule has 1 aliphatic carbocycles. The van der Waals surface area contributed by atoms with Gasteiger partial charge in [-0.3, -0.25) is 4.99 Å². The highest BCUT2D eigenvalue weighted by Crippen LogP contribution is 2.27. The van der Waals surface area contributed by atoms with Gasteiger partial charge in [0.1, 0.15) is 0 Å². The van der Waals surface area contributed by atoms with Crippen molar-refractivity contribution < 1.29 is 0 Å². The monoisotopic (exact) mass is 215 g/mol. The normalized spacial score (nSPS) is 20.9. The molecule has 16 heavy (non-hydrogen) atoms. The van der Waals surface area contributed by atoms with Crippen LogP contribution < -0.4 is 0 Å². The van der Waals surface area contributed by atoms with E-state index in [4.69, 9.17) is 4.99 Å². The Morgan fingerprint density at radius 2 is 1.88 bits per heavy atom. The summed E-state index contributed by atoms with van der Waals surface area (Å²) in [5.41, 5.74) is 3.85. The van der Waals surface area contributed by atoms with Gasteiger partial charge in [0.05, 0.1) is 5.69 Å². The molecule has 0 spiro atoms. The average Bonchev–Trinajstić information content (AvgIpc) is 2.33. The molecule has 0 unspecified atom stereocenters. The topological polar surface area (TPSA) is 12.4 Å². The second-order valence-electron chi connectivity index (χ2n) is 4.82. The summed E-state index contributed by atoms with van der Waals surface area (Å²) in [5, 5.41) is 0. The maximum Gasteiger partial charge on any atom is 0.0658 e. The maximum absolute atomic E-state index is 4.80. The van der Waals surface area contributed by atoms with Gasteiger partial charge >= 0.3 is 0 Å². The molecule has 1 aromatic carbocycles. The van der Waals surface area contributed by atoms with Crippen molar-refractivity contribution in [3.63, 3.8) is 0 Å². The Bertz CT molecular complexity index is 369. The van der Waals surface area contributed by atoms with Crippen molar-refractivity contribution in [2.45, 2.75) is 46.0 Å². The first-order valence-corrected chi connectivity index (χ1v) is 6.41. The van der Waals surface area contributed by atoms with E-state index in [1.54, 1.807) is 0 Å². The molecular weight excluding hydrogens is 194 g/mol. The van der Waals surface area contributed by atoms with Crippen LogP contribution in [0.1, 0.15) is 44.6 Å². The first-order chi connectivity index (χ1) is 7.79. The highest BCUT2D eigenvalue weighted by Gasteiger charge is 2.15. The van der Waals surface area contributed by atoms with Gasteiger partial charge in [-0.15, -0.1) is 0 Å². The van der Waals surface area contributed by atoms with Crippen LogP contribution in [0.5, 0.6) is 0 Å². The van der Waals surface area contributed by atoms with Crippen molar-refractivity contribution >= 4 is 11.4 Å². The van der Waals surface area contributed by atoms with Crippen LogP contribution in [-0.4, -0.2) is 5.71 Å². The first kappa shape index (κ1) is 11.4. The molecule has 1 saturated carbocycles. The number of hydrogen-bond donors (Lipinski definition) is 0. The Kier molecular flexibility index (Phi) is 3.76. The SMILES string of the molecule is CCC1CCC(=Nc2ccccc2C)CC1. The molecule has 0 aliphatic heterocycles. The van der Waals surface area contributed by atoms with E-state index >= 15 is 0 Å². The second-order valence-corrected chi connectivity index (χ2v) is 4.82. The van der Waals surface area contributed by atoms with Gasteiger partial charge in [0.2, 0.25) is 0 Å². The standard InChI is InChI=1S/C15H21N/c1-3-13-8-10-14(11-9-13)16-15-7-5-4-6-12(15)2/h4-7,13H,3,8-11H2,1-2H3. The molecule has 86 valence electrons. The van der Waals surface area contributed by atoms with Crippen LogP contribution in [0.3, 0.4) is 0 Å². The molecule has 0 saturated heterocycles. The van der Waals surface area contributed by atoms with E-state index in [1.165, 1.54) is 43.4 Å². The summed E-state index contributed by atoms with van der Waals surface area (Å²) in [6.07, 6.45) is 6.40. The molecule has 0 heterocycles. The minimum Gasteiger partial charge on any atom is -0.258 e. The molecule has 0 N–H and O–H groups in total. The fourth-order valence-corrected chi connectivity index (χ4v) is 2.39. The van der Waals surface area contributed by atoms with Gasteiger partial charge < -0.3 is 0 Å². The lowest BCUT2D eigenvalue weighted by molar-refractivity contribution is 0.429. The predicted octanol–water partition coefficient (Wildman–Crippen LogP) is 4.67. The lowest BCUT2D eigenvalue weighted by Gasteiger charge is -2.21. The molecule has 2 rings (SSSR count). The first-order valence-electron chi connectivity index (χ1n) is 6.41. The molecule has 1 fully saturated rings. The summed E-state index contributed by atoms with van der Waals surface area (Å²) in [5.74, 6) is 0.941. The van der Waals surface area contributed by atoms with Gasteiger partial charge in [-0.25, -0.2) is 0 Å². The van der Waals surface area contributed by atoms with Gasteiger partial charge in [0.15, 0.2) is 0 Å². The van der Waals surface area contributed by atoms with Crippen molar-refractivity contribution in [2.75, 3.05) is 0 Å². The zero-order valence-electron chi connectivity index (χ0n) is 10.4. The average molecular weight is 215 g/mol. The second kappa shape index (κ2) is 5.29. The van der Waals surface area contributed by atoms with E-state index in [0.29, 0.717) is 0 Å². The summed E-state index contributed by atoms with van der Waals surface area (Å²) < 4.78 is 0. The Balaban J connectivity index is 2.06. The lowest BCUT2D eigenvalue weighted by atomic mass is 9.86. The van der Waals surface area contributed by atoms with E-state index < -0.39 is 0 Å². The zero-order valence-corrected chi connectivity index (χ0v) is 10.4. The zero-order chi connectivity index (χ0) is 11.4.